The van der Waals surface area contributed by atoms with Gasteiger partial charge >= 0.3 is 5.97 Å². The van der Waals surface area contributed by atoms with Crippen molar-refractivity contribution in [1.29, 1.82) is 0 Å². The van der Waals surface area contributed by atoms with Crippen molar-refractivity contribution >= 4 is 39.3 Å². The summed E-state index contributed by atoms with van der Waals surface area (Å²) >= 11 is 3.52. The minimum absolute atomic E-state index is 0.113. The van der Waals surface area contributed by atoms with Gasteiger partial charge in [0, 0.05) is 11.1 Å². The second-order valence-corrected chi connectivity index (χ2v) is 8.82. The van der Waals surface area contributed by atoms with E-state index in [0.29, 0.717) is 24.3 Å². The first kappa shape index (κ1) is 19.1. The Hall–Kier alpha value is -1.69. The highest BCUT2D eigenvalue weighted by Gasteiger charge is 2.76. The van der Waals surface area contributed by atoms with Crippen LogP contribution in [-0.4, -0.2) is 29.1 Å². The van der Waals surface area contributed by atoms with Crippen LogP contribution in [0.4, 0.5) is 5.69 Å². The first-order chi connectivity index (χ1) is 12.1. The highest BCUT2D eigenvalue weighted by atomic mass is 79.9. The van der Waals surface area contributed by atoms with Crippen LogP contribution in [0.25, 0.3) is 0 Å². The number of halogens is 1. The molecule has 0 spiro atoms. The van der Waals surface area contributed by atoms with Crippen LogP contribution >= 0.6 is 15.9 Å². The maximum atomic E-state index is 13.2. The Labute approximate surface area is 162 Å². The summed E-state index contributed by atoms with van der Waals surface area (Å²) in [6.07, 6.45) is 1.39. The molecule has 3 atom stereocenters. The van der Waals surface area contributed by atoms with Crippen molar-refractivity contribution in [2.75, 3.05) is 11.9 Å². The number of alkyl halides is 1. The molecule has 2 saturated carbocycles. The summed E-state index contributed by atoms with van der Waals surface area (Å²) in [6, 6.07) is 6.62. The van der Waals surface area contributed by atoms with E-state index in [1.54, 1.807) is 31.2 Å². The van der Waals surface area contributed by atoms with Gasteiger partial charge in [0.05, 0.1) is 22.4 Å². The van der Waals surface area contributed by atoms with Crippen molar-refractivity contribution in [2.24, 2.45) is 16.2 Å². The number of amides is 1. The normalized spacial score (nSPS) is 31.7. The molecule has 1 aromatic rings. The standard InChI is InChI=1S/C20H24BrNO4/c1-5-26-16(24)12-6-8-13(9-7-12)22-17(25)20-11-10-19(4,18(20,2)3)15(23)14(20)21/h6-9,14H,5,10-11H2,1-4H3,(H,22,25). The van der Waals surface area contributed by atoms with Gasteiger partial charge in [0.2, 0.25) is 5.91 Å². The van der Waals surface area contributed by atoms with Crippen LogP contribution in [0.5, 0.6) is 0 Å². The average Bonchev–Trinajstić information content (AvgIpc) is 2.87. The van der Waals surface area contributed by atoms with Crippen LogP contribution in [0.15, 0.2) is 24.3 Å². The Morgan fingerprint density at radius 3 is 2.31 bits per heavy atom. The topological polar surface area (TPSA) is 72.5 Å². The van der Waals surface area contributed by atoms with Crippen molar-refractivity contribution in [3.05, 3.63) is 29.8 Å². The molecule has 140 valence electrons. The predicted molar refractivity (Wildman–Crippen MR) is 102 cm³/mol. The summed E-state index contributed by atoms with van der Waals surface area (Å²) in [4.78, 5) is 37.3. The van der Waals surface area contributed by atoms with Crippen LogP contribution in [-0.2, 0) is 14.3 Å². The molecule has 0 radical (unpaired) electrons. The zero-order valence-electron chi connectivity index (χ0n) is 15.5. The Balaban J connectivity index is 1.84. The maximum Gasteiger partial charge on any atom is 0.338 e. The van der Waals surface area contributed by atoms with Crippen molar-refractivity contribution in [3.8, 4) is 0 Å². The van der Waals surface area contributed by atoms with Crippen LogP contribution in [0, 0.1) is 16.2 Å². The smallest absolute Gasteiger partial charge is 0.338 e. The lowest BCUT2D eigenvalue weighted by molar-refractivity contribution is -0.130. The number of fused-ring (bicyclic) bond motifs is 2. The van der Waals surface area contributed by atoms with Gasteiger partial charge in [-0.05, 0) is 49.4 Å². The average molecular weight is 422 g/mol. The number of ether oxygens (including phenoxy) is 1. The monoisotopic (exact) mass is 421 g/mol. The summed E-state index contributed by atoms with van der Waals surface area (Å²) in [7, 11) is 0. The molecule has 26 heavy (non-hydrogen) atoms. The Kier molecular flexibility index (Phi) is 4.54. The molecular formula is C20H24BrNO4. The maximum absolute atomic E-state index is 13.2. The molecular weight excluding hydrogens is 398 g/mol. The van der Waals surface area contributed by atoms with Crippen LogP contribution in [0.2, 0.25) is 0 Å². The third-order valence-corrected chi connectivity index (χ3v) is 7.98. The minimum Gasteiger partial charge on any atom is -0.462 e. The fraction of sp³-hybridized carbons (Fsp3) is 0.550. The van der Waals surface area contributed by atoms with Crippen molar-refractivity contribution in [3.63, 3.8) is 0 Å². The molecule has 0 aromatic heterocycles. The molecule has 0 heterocycles. The van der Waals surface area contributed by atoms with E-state index in [-0.39, 0.29) is 11.7 Å². The molecule has 3 rings (SSSR count). The third-order valence-electron chi connectivity index (χ3n) is 6.78. The summed E-state index contributed by atoms with van der Waals surface area (Å²) < 4.78 is 4.96. The highest BCUT2D eigenvalue weighted by Crippen LogP contribution is 2.72. The Morgan fingerprint density at radius 1 is 1.19 bits per heavy atom. The van der Waals surface area contributed by atoms with E-state index in [0.717, 1.165) is 6.42 Å². The number of rotatable bonds is 4. The number of Topliss-reactive ketones (excluding diaryl/α,β-unsaturated/α-hetero) is 1. The number of carbonyl (C=O) groups excluding carboxylic acids is 3. The molecule has 2 aliphatic rings. The molecule has 1 aromatic carbocycles. The summed E-state index contributed by atoms with van der Waals surface area (Å²) in [5.41, 5.74) is -0.683. The number of carbonyl (C=O) groups is 3. The first-order valence-corrected chi connectivity index (χ1v) is 9.80. The second-order valence-electron chi connectivity index (χ2n) is 7.91. The number of nitrogens with one attached hydrogen (secondary N) is 1. The fourth-order valence-electron chi connectivity index (χ4n) is 4.60. The number of hydrogen-bond acceptors (Lipinski definition) is 4. The largest absolute Gasteiger partial charge is 0.462 e. The van der Waals surface area contributed by atoms with Gasteiger partial charge in [0.1, 0.15) is 0 Å². The lowest BCUT2D eigenvalue weighted by Crippen LogP contribution is -2.47. The summed E-state index contributed by atoms with van der Waals surface area (Å²) in [6.45, 7) is 8.07. The predicted octanol–water partition coefficient (Wildman–Crippen LogP) is 3.96. The van der Waals surface area contributed by atoms with E-state index in [2.05, 4.69) is 21.2 Å². The number of esters is 1. The zero-order chi connectivity index (χ0) is 19.3. The van der Waals surface area contributed by atoms with E-state index >= 15 is 0 Å². The van der Waals surface area contributed by atoms with Crippen molar-refractivity contribution < 1.29 is 19.1 Å². The van der Waals surface area contributed by atoms with Gasteiger partial charge in [0.25, 0.3) is 0 Å². The van der Waals surface area contributed by atoms with Gasteiger partial charge in [-0.15, -0.1) is 0 Å². The number of ketones is 1. The minimum atomic E-state index is -0.779. The molecule has 0 saturated heterocycles. The molecule has 1 amide bonds. The molecule has 6 heteroatoms. The lowest BCUT2D eigenvalue weighted by Gasteiger charge is -2.39. The summed E-state index contributed by atoms with van der Waals surface area (Å²) in [5, 5.41) is 2.95. The summed E-state index contributed by atoms with van der Waals surface area (Å²) in [5.74, 6) is -0.428. The van der Waals surface area contributed by atoms with Gasteiger partial charge in [0.15, 0.2) is 5.78 Å². The number of anilines is 1. The van der Waals surface area contributed by atoms with Gasteiger partial charge in [-0.2, -0.15) is 0 Å². The molecule has 2 aliphatic carbocycles. The van der Waals surface area contributed by atoms with E-state index < -0.39 is 27.0 Å². The second kappa shape index (κ2) is 6.19. The van der Waals surface area contributed by atoms with Crippen LogP contribution in [0.1, 0.15) is 50.9 Å². The lowest BCUT2D eigenvalue weighted by atomic mass is 9.64. The molecule has 3 unspecified atom stereocenters. The molecule has 2 fully saturated rings. The molecule has 5 nitrogen and oxygen atoms in total. The van der Waals surface area contributed by atoms with E-state index in [9.17, 15) is 14.4 Å². The van der Waals surface area contributed by atoms with Gasteiger partial charge in [-0.3, -0.25) is 9.59 Å². The Morgan fingerprint density at radius 2 is 1.81 bits per heavy atom. The van der Waals surface area contributed by atoms with E-state index in [1.165, 1.54) is 0 Å². The van der Waals surface area contributed by atoms with Crippen molar-refractivity contribution in [2.45, 2.75) is 45.4 Å². The van der Waals surface area contributed by atoms with Crippen molar-refractivity contribution in [1.82, 2.24) is 0 Å². The quantitative estimate of drug-likeness (QED) is 0.589. The molecule has 2 bridgehead atoms. The third kappa shape index (κ3) is 2.30. The number of benzene rings is 1. The first-order valence-electron chi connectivity index (χ1n) is 8.89. The van der Waals surface area contributed by atoms with Gasteiger partial charge in [-0.1, -0.05) is 36.7 Å². The van der Waals surface area contributed by atoms with Crippen LogP contribution in [0.3, 0.4) is 0 Å². The number of hydrogen-bond donors (Lipinski definition) is 1. The van der Waals surface area contributed by atoms with Gasteiger partial charge in [-0.25, -0.2) is 4.79 Å². The fourth-order valence-corrected chi connectivity index (χ4v) is 6.12. The SMILES string of the molecule is CCOC(=O)c1ccc(NC(=O)C23CCC(C)(C(=O)C2Br)C3(C)C)cc1. The van der Waals surface area contributed by atoms with E-state index in [4.69, 9.17) is 4.74 Å². The molecule has 0 aliphatic heterocycles. The highest BCUT2D eigenvalue weighted by molar-refractivity contribution is 9.10. The zero-order valence-corrected chi connectivity index (χ0v) is 17.1. The van der Waals surface area contributed by atoms with E-state index in [1.807, 2.05) is 20.8 Å². The Bertz CT molecular complexity index is 773. The van der Waals surface area contributed by atoms with Crippen LogP contribution < -0.4 is 5.32 Å². The van der Waals surface area contributed by atoms with Gasteiger partial charge < -0.3 is 10.1 Å². The molecule has 1 N–H and O–H groups in total.